The van der Waals surface area contributed by atoms with Crippen LogP contribution in [0.5, 0.6) is 0 Å². The van der Waals surface area contributed by atoms with Crippen molar-refractivity contribution in [1.82, 2.24) is 4.57 Å². The van der Waals surface area contributed by atoms with E-state index in [9.17, 15) is 4.79 Å². The van der Waals surface area contributed by atoms with Crippen molar-refractivity contribution in [3.05, 3.63) is 59.4 Å². The lowest BCUT2D eigenvalue weighted by molar-refractivity contribution is -0.104. The Labute approximate surface area is 101 Å². The Hall–Kier alpha value is -2.09. The maximum absolute atomic E-state index is 10.3. The molecule has 0 aliphatic rings. The number of aryl methyl sites for hydroxylation is 2. The van der Waals surface area contributed by atoms with Gasteiger partial charge in [0.15, 0.2) is 0 Å². The molecule has 86 valence electrons. The van der Waals surface area contributed by atoms with Crippen LogP contribution in [-0.4, -0.2) is 10.9 Å². The summed E-state index contributed by atoms with van der Waals surface area (Å²) in [5.74, 6) is 0. The Morgan fingerprint density at radius 3 is 2.47 bits per heavy atom. The number of allylic oxidation sites excluding steroid dienone is 1. The first-order valence-corrected chi connectivity index (χ1v) is 5.59. The first kappa shape index (κ1) is 11.4. The van der Waals surface area contributed by atoms with Gasteiger partial charge < -0.3 is 4.57 Å². The van der Waals surface area contributed by atoms with Crippen LogP contribution in [0.25, 0.3) is 11.8 Å². The summed E-state index contributed by atoms with van der Waals surface area (Å²) in [6.07, 6.45) is 8.13. The summed E-state index contributed by atoms with van der Waals surface area (Å²) in [5.41, 5.74) is 4.72. The molecule has 0 amide bonds. The summed E-state index contributed by atoms with van der Waals surface area (Å²) in [6.45, 7) is 4.20. The smallest absolute Gasteiger partial charge is 0.142 e. The molecule has 2 nitrogen and oxygen atoms in total. The van der Waals surface area contributed by atoms with Crippen LogP contribution in [0, 0.1) is 13.8 Å². The van der Waals surface area contributed by atoms with Crippen LogP contribution in [-0.2, 0) is 4.79 Å². The Kier molecular flexibility index (Phi) is 3.24. The summed E-state index contributed by atoms with van der Waals surface area (Å²) in [6, 6.07) is 8.25. The van der Waals surface area contributed by atoms with Crippen molar-refractivity contribution >= 4 is 12.4 Å². The highest BCUT2D eigenvalue weighted by molar-refractivity contribution is 5.73. The van der Waals surface area contributed by atoms with Gasteiger partial charge in [0, 0.05) is 12.4 Å². The molecule has 0 aliphatic carbocycles. The Morgan fingerprint density at radius 1 is 1.12 bits per heavy atom. The van der Waals surface area contributed by atoms with Crippen molar-refractivity contribution in [3.8, 4) is 5.69 Å². The predicted molar refractivity (Wildman–Crippen MR) is 70.3 cm³/mol. The van der Waals surface area contributed by atoms with Gasteiger partial charge in [-0.25, -0.2) is 0 Å². The first-order valence-electron chi connectivity index (χ1n) is 5.59. The normalized spacial score (nSPS) is 10.9. The molecule has 0 aliphatic heterocycles. The van der Waals surface area contributed by atoms with Gasteiger partial charge in [0.1, 0.15) is 6.29 Å². The highest BCUT2D eigenvalue weighted by Crippen LogP contribution is 2.20. The fourth-order valence-corrected chi connectivity index (χ4v) is 2.01. The van der Waals surface area contributed by atoms with Crippen LogP contribution in [0.3, 0.4) is 0 Å². The van der Waals surface area contributed by atoms with Gasteiger partial charge in [-0.1, -0.05) is 24.3 Å². The molecule has 2 rings (SSSR count). The molecule has 0 fully saturated rings. The first-order chi connectivity index (χ1) is 8.22. The van der Waals surface area contributed by atoms with E-state index in [0.29, 0.717) is 0 Å². The molecule has 2 aromatic rings. The predicted octanol–water partition coefficient (Wildman–Crippen LogP) is 3.31. The zero-order valence-electron chi connectivity index (χ0n) is 10.1. The molecule has 0 spiro atoms. The highest BCUT2D eigenvalue weighted by atomic mass is 16.1. The van der Waals surface area contributed by atoms with E-state index < -0.39 is 0 Å². The lowest BCUT2D eigenvalue weighted by atomic mass is 10.1. The van der Waals surface area contributed by atoms with Crippen molar-refractivity contribution in [1.29, 1.82) is 0 Å². The number of hydrogen-bond acceptors (Lipinski definition) is 1. The van der Waals surface area contributed by atoms with Crippen molar-refractivity contribution in [2.24, 2.45) is 0 Å². The standard InChI is InChI=1S/C15H15NO/c1-12-5-3-6-13(2)15(12)16-9-8-14(11-16)7-4-10-17/h3-11H,1-2H3/b7-4+. The van der Waals surface area contributed by atoms with E-state index in [1.165, 1.54) is 22.9 Å². The maximum atomic E-state index is 10.3. The number of para-hydroxylation sites is 1. The second kappa shape index (κ2) is 4.83. The third-order valence-electron chi connectivity index (χ3n) is 2.78. The summed E-state index contributed by atoms with van der Waals surface area (Å²) < 4.78 is 2.09. The third-order valence-corrected chi connectivity index (χ3v) is 2.78. The number of aldehydes is 1. The molecule has 1 heterocycles. The largest absolute Gasteiger partial charge is 0.323 e. The van der Waals surface area contributed by atoms with E-state index in [1.807, 2.05) is 18.5 Å². The molecule has 0 bridgehead atoms. The lowest BCUT2D eigenvalue weighted by Crippen LogP contribution is -1.96. The van der Waals surface area contributed by atoms with Gasteiger partial charge in [-0.15, -0.1) is 0 Å². The molecule has 0 N–H and O–H groups in total. The van der Waals surface area contributed by atoms with Crippen molar-refractivity contribution in [3.63, 3.8) is 0 Å². The molecule has 2 heteroatoms. The number of hydrogen-bond donors (Lipinski definition) is 0. The highest BCUT2D eigenvalue weighted by Gasteiger charge is 2.04. The third kappa shape index (κ3) is 2.36. The fourth-order valence-electron chi connectivity index (χ4n) is 2.01. The van der Waals surface area contributed by atoms with E-state index in [-0.39, 0.29) is 0 Å². The molecule has 0 radical (unpaired) electrons. The molecular formula is C15H15NO. The van der Waals surface area contributed by atoms with Crippen molar-refractivity contribution in [2.75, 3.05) is 0 Å². The summed E-state index contributed by atoms with van der Waals surface area (Å²) in [4.78, 5) is 10.3. The van der Waals surface area contributed by atoms with Gasteiger partial charge in [0.25, 0.3) is 0 Å². The molecule has 17 heavy (non-hydrogen) atoms. The Bertz CT molecular complexity index is 544. The number of carbonyl (C=O) groups excluding carboxylic acids is 1. The summed E-state index contributed by atoms with van der Waals surface area (Å²) in [7, 11) is 0. The topological polar surface area (TPSA) is 22.0 Å². The van der Waals surface area contributed by atoms with E-state index >= 15 is 0 Å². The average molecular weight is 225 g/mol. The zero-order chi connectivity index (χ0) is 12.3. The molecular weight excluding hydrogens is 210 g/mol. The van der Waals surface area contributed by atoms with Crippen LogP contribution in [0.15, 0.2) is 42.7 Å². The maximum Gasteiger partial charge on any atom is 0.142 e. The van der Waals surface area contributed by atoms with Gasteiger partial charge in [-0.2, -0.15) is 0 Å². The minimum atomic E-state index is 0.788. The van der Waals surface area contributed by atoms with E-state index in [0.717, 1.165) is 11.8 Å². The average Bonchev–Trinajstić information content (AvgIpc) is 2.75. The summed E-state index contributed by atoms with van der Waals surface area (Å²) in [5, 5.41) is 0. The summed E-state index contributed by atoms with van der Waals surface area (Å²) >= 11 is 0. The Balaban J connectivity index is 2.43. The number of rotatable bonds is 3. The molecule has 0 saturated heterocycles. The quantitative estimate of drug-likeness (QED) is 0.580. The van der Waals surface area contributed by atoms with Gasteiger partial charge in [0.2, 0.25) is 0 Å². The van der Waals surface area contributed by atoms with Gasteiger partial charge >= 0.3 is 0 Å². The number of aromatic nitrogens is 1. The SMILES string of the molecule is Cc1cccc(C)c1-n1ccc(/C=C/C=O)c1. The van der Waals surface area contributed by atoms with Crippen LogP contribution < -0.4 is 0 Å². The van der Waals surface area contributed by atoms with Crippen LogP contribution in [0.4, 0.5) is 0 Å². The van der Waals surface area contributed by atoms with Gasteiger partial charge in [-0.3, -0.25) is 4.79 Å². The minimum absolute atomic E-state index is 0.788. The van der Waals surface area contributed by atoms with Crippen LogP contribution in [0.2, 0.25) is 0 Å². The zero-order valence-corrected chi connectivity index (χ0v) is 10.1. The molecule has 0 unspecified atom stereocenters. The molecule has 0 saturated carbocycles. The molecule has 1 aromatic heterocycles. The Morgan fingerprint density at radius 2 is 1.82 bits per heavy atom. The number of benzene rings is 1. The van der Waals surface area contributed by atoms with Crippen molar-refractivity contribution < 1.29 is 4.79 Å². The van der Waals surface area contributed by atoms with Crippen LogP contribution in [0.1, 0.15) is 16.7 Å². The van der Waals surface area contributed by atoms with Gasteiger partial charge in [-0.05, 0) is 42.7 Å². The lowest BCUT2D eigenvalue weighted by Gasteiger charge is -2.10. The van der Waals surface area contributed by atoms with Gasteiger partial charge in [0.05, 0.1) is 5.69 Å². The number of nitrogens with zero attached hydrogens (tertiary/aromatic N) is 1. The minimum Gasteiger partial charge on any atom is -0.323 e. The second-order valence-corrected chi connectivity index (χ2v) is 4.09. The molecule has 0 atom stereocenters. The van der Waals surface area contributed by atoms with Crippen molar-refractivity contribution in [2.45, 2.75) is 13.8 Å². The second-order valence-electron chi connectivity index (χ2n) is 4.09. The van der Waals surface area contributed by atoms with E-state index in [4.69, 9.17) is 0 Å². The van der Waals surface area contributed by atoms with E-state index in [2.05, 4.69) is 36.6 Å². The number of carbonyl (C=O) groups is 1. The monoisotopic (exact) mass is 225 g/mol. The van der Waals surface area contributed by atoms with Crippen LogP contribution >= 0.6 is 0 Å². The van der Waals surface area contributed by atoms with E-state index in [1.54, 1.807) is 6.08 Å². The molecule has 1 aromatic carbocycles. The fraction of sp³-hybridized carbons (Fsp3) is 0.133.